The van der Waals surface area contributed by atoms with Crippen LogP contribution >= 0.6 is 11.3 Å². The number of carbonyl (C=O) groups is 2. The van der Waals surface area contributed by atoms with E-state index in [0.29, 0.717) is 31.9 Å². The zero-order chi connectivity index (χ0) is 22.0. The van der Waals surface area contributed by atoms with E-state index in [4.69, 9.17) is 9.47 Å². The zero-order valence-electron chi connectivity index (χ0n) is 18.2. The summed E-state index contributed by atoms with van der Waals surface area (Å²) in [6.07, 6.45) is 1.57. The quantitative estimate of drug-likeness (QED) is 0.530. The summed E-state index contributed by atoms with van der Waals surface area (Å²) in [5.41, 5.74) is 2.79. The predicted octanol–water partition coefficient (Wildman–Crippen LogP) is 4.48. The van der Waals surface area contributed by atoms with Gasteiger partial charge in [0.2, 0.25) is 0 Å². The van der Waals surface area contributed by atoms with Crippen LogP contribution in [0.1, 0.15) is 40.7 Å². The van der Waals surface area contributed by atoms with Crippen molar-refractivity contribution in [3.05, 3.63) is 52.5 Å². The predicted molar refractivity (Wildman–Crippen MR) is 122 cm³/mol. The van der Waals surface area contributed by atoms with E-state index in [1.54, 1.807) is 23.3 Å². The molecule has 1 saturated heterocycles. The number of carbonyl (C=O) groups excluding carboxylic acids is 2. The first-order chi connectivity index (χ1) is 15.0. The van der Waals surface area contributed by atoms with Gasteiger partial charge in [0, 0.05) is 24.5 Å². The number of aromatic nitrogens is 1. The van der Waals surface area contributed by atoms with Gasteiger partial charge in [0.1, 0.15) is 11.4 Å². The van der Waals surface area contributed by atoms with E-state index in [0.717, 1.165) is 34.4 Å². The molecule has 0 bridgehead atoms. The monoisotopic (exact) mass is 440 g/mol. The molecule has 3 aromatic rings. The number of amides is 1. The third-order valence-electron chi connectivity index (χ3n) is 5.74. The van der Waals surface area contributed by atoms with E-state index in [2.05, 4.69) is 17.6 Å². The Labute approximate surface area is 186 Å². The minimum atomic E-state index is -0.247. The Morgan fingerprint density at radius 2 is 2.06 bits per heavy atom. The highest BCUT2D eigenvalue weighted by molar-refractivity contribution is 7.19. The number of hydrogen-bond donors (Lipinski definition) is 0. The van der Waals surface area contributed by atoms with Gasteiger partial charge in [0.05, 0.1) is 29.9 Å². The Bertz CT molecular complexity index is 1100. The lowest BCUT2D eigenvalue weighted by Gasteiger charge is -2.31. The van der Waals surface area contributed by atoms with Crippen molar-refractivity contribution in [2.45, 2.75) is 33.2 Å². The number of methoxy groups -OCH3 is 1. The van der Waals surface area contributed by atoms with Crippen molar-refractivity contribution < 1.29 is 19.1 Å². The van der Waals surface area contributed by atoms with Crippen LogP contribution in [0.4, 0.5) is 0 Å². The molecule has 4 rings (SSSR count). The summed E-state index contributed by atoms with van der Waals surface area (Å²) in [6, 6.07) is 12.0. The number of nitrogens with zero attached hydrogens (tertiary/aromatic N) is 2. The van der Waals surface area contributed by atoms with E-state index in [9.17, 15) is 9.59 Å². The van der Waals surface area contributed by atoms with Gasteiger partial charge < -0.3 is 18.9 Å². The number of esters is 1. The molecule has 1 aliphatic rings. The van der Waals surface area contributed by atoms with E-state index >= 15 is 0 Å². The van der Waals surface area contributed by atoms with Gasteiger partial charge >= 0.3 is 5.97 Å². The Balaban J connectivity index is 1.65. The highest BCUT2D eigenvalue weighted by Crippen LogP contribution is 2.31. The summed E-state index contributed by atoms with van der Waals surface area (Å²) in [4.78, 5) is 28.8. The van der Waals surface area contributed by atoms with E-state index in [1.165, 1.54) is 4.88 Å². The normalized spacial score (nSPS) is 16.5. The Morgan fingerprint density at radius 3 is 2.84 bits per heavy atom. The number of fused-ring (bicyclic) bond motifs is 1. The van der Waals surface area contributed by atoms with Gasteiger partial charge in [-0.3, -0.25) is 9.59 Å². The van der Waals surface area contributed by atoms with Crippen molar-refractivity contribution in [3.8, 4) is 5.75 Å². The second-order valence-electron chi connectivity index (χ2n) is 7.92. The van der Waals surface area contributed by atoms with Gasteiger partial charge in [-0.1, -0.05) is 12.1 Å². The highest BCUT2D eigenvalue weighted by Gasteiger charge is 2.31. The number of likely N-dealkylation sites (tertiary alicyclic amines) is 1. The topological polar surface area (TPSA) is 60.8 Å². The van der Waals surface area contributed by atoms with Crippen molar-refractivity contribution in [1.82, 2.24) is 9.47 Å². The molecule has 1 fully saturated rings. The third-order valence-corrected chi connectivity index (χ3v) is 6.72. The molecule has 31 heavy (non-hydrogen) atoms. The summed E-state index contributed by atoms with van der Waals surface area (Å²) in [7, 11) is 1.65. The molecular formula is C24H28N2O4S. The summed E-state index contributed by atoms with van der Waals surface area (Å²) in [6.45, 7) is 5.90. The van der Waals surface area contributed by atoms with Crippen molar-refractivity contribution in [1.29, 1.82) is 0 Å². The molecule has 7 heteroatoms. The SMILES string of the molecule is CCOC(=O)[C@@H]1CCCN(C(=O)c2cc3sc(C)cc3n2Cc2cccc(OC)c2)C1. The smallest absolute Gasteiger partial charge is 0.310 e. The Kier molecular flexibility index (Phi) is 6.32. The van der Waals surface area contributed by atoms with Crippen LogP contribution in [-0.4, -0.2) is 48.1 Å². The first-order valence-corrected chi connectivity index (χ1v) is 11.5. The Hall–Kier alpha value is -2.80. The molecule has 164 valence electrons. The molecule has 0 radical (unpaired) electrons. The molecule has 0 aliphatic carbocycles. The molecule has 1 aromatic carbocycles. The van der Waals surface area contributed by atoms with E-state index in [1.807, 2.05) is 37.3 Å². The van der Waals surface area contributed by atoms with Gasteiger partial charge in [0.15, 0.2) is 0 Å². The van der Waals surface area contributed by atoms with Gasteiger partial charge in [-0.25, -0.2) is 0 Å². The van der Waals surface area contributed by atoms with E-state index < -0.39 is 0 Å². The third kappa shape index (κ3) is 4.46. The van der Waals surface area contributed by atoms with Gasteiger partial charge in [-0.2, -0.15) is 0 Å². The van der Waals surface area contributed by atoms with Gasteiger partial charge in [-0.05, 0) is 56.5 Å². The Morgan fingerprint density at radius 1 is 1.23 bits per heavy atom. The molecule has 0 N–H and O–H groups in total. The summed E-state index contributed by atoms with van der Waals surface area (Å²) in [5, 5.41) is 0. The molecule has 1 aliphatic heterocycles. The maximum Gasteiger partial charge on any atom is 0.310 e. The van der Waals surface area contributed by atoms with Gasteiger partial charge in [-0.15, -0.1) is 11.3 Å². The lowest BCUT2D eigenvalue weighted by Crippen LogP contribution is -2.43. The number of ether oxygens (including phenoxy) is 2. The second kappa shape index (κ2) is 9.14. The molecule has 0 unspecified atom stereocenters. The van der Waals surface area contributed by atoms with Crippen LogP contribution in [0.3, 0.4) is 0 Å². The molecule has 6 nitrogen and oxygen atoms in total. The lowest BCUT2D eigenvalue weighted by molar-refractivity contribution is -0.149. The molecular weight excluding hydrogens is 412 g/mol. The number of aryl methyl sites for hydroxylation is 1. The van der Waals surface area contributed by atoms with Crippen LogP contribution in [-0.2, 0) is 16.1 Å². The maximum atomic E-state index is 13.5. The molecule has 0 spiro atoms. The fourth-order valence-corrected chi connectivity index (χ4v) is 5.20. The number of hydrogen-bond acceptors (Lipinski definition) is 5. The lowest BCUT2D eigenvalue weighted by atomic mass is 9.98. The molecule has 0 saturated carbocycles. The van der Waals surface area contributed by atoms with Crippen LogP contribution in [0.25, 0.3) is 10.2 Å². The fraction of sp³-hybridized carbons (Fsp3) is 0.417. The van der Waals surface area contributed by atoms with Gasteiger partial charge in [0.25, 0.3) is 5.91 Å². The number of benzene rings is 1. The van der Waals surface area contributed by atoms with Crippen molar-refractivity contribution >= 4 is 33.4 Å². The van der Waals surface area contributed by atoms with Crippen LogP contribution in [0.2, 0.25) is 0 Å². The first kappa shape index (κ1) is 21.4. The number of piperidine rings is 1. The van der Waals surface area contributed by atoms with Crippen LogP contribution in [0.5, 0.6) is 5.75 Å². The van der Waals surface area contributed by atoms with Crippen molar-refractivity contribution in [2.75, 3.05) is 26.8 Å². The maximum absolute atomic E-state index is 13.5. The average molecular weight is 441 g/mol. The largest absolute Gasteiger partial charge is 0.497 e. The highest BCUT2D eigenvalue weighted by atomic mass is 32.1. The summed E-state index contributed by atoms with van der Waals surface area (Å²) >= 11 is 1.69. The van der Waals surface area contributed by atoms with Crippen LogP contribution in [0, 0.1) is 12.8 Å². The second-order valence-corrected chi connectivity index (χ2v) is 9.20. The van der Waals surface area contributed by atoms with E-state index in [-0.39, 0.29) is 17.8 Å². The average Bonchev–Trinajstić information content (AvgIpc) is 3.30. The number of thiophene rings is 1. The zero-order valence-corrected chi connectivity index (χ0v) is 19.0. The molecule has 1 atom stereocenters. The minimum Gasteiger partial charge on any atom is -0.497 e. The van der Waals surface area contributed by atoms with Crippen molar-refractivity contribution in [2.24, 2.45) is 5.92 Å². The van der Waals surface area contributed by atoms with Crippen molar-refractivity contribution in [3.63, 3.8) is 0 Å². The fourth-order valence-electron chi connectivity index (χ4n) is 4.24. The van der Waals surface area contributed by atoms with Crippen LogP contribution in [0.15, 0.2) is 36.4 Å². The molecule has 3 heterocycles. The standard InChI is InChI=1S/C24H28N2O4S/c1-4-30-24(28)18-8-6-10-25(15-18)23(27)21-13-22-20(11-16(2)31-22)26(21)14-17-7-5-9-19(12-17)29-3/h5,7,9,11-13,18H,4,6,8,10,14-15H2,1-3H3/t18-/m1/s1. The van der Waals surface area contributed by atoms with Crippen LogP contribution < -0.4 is 4.74 Å². The molecule has 1 amide bonds. The first-order valence-electron chi connectivity index (χ1n) is 10.7. The molecule has 2 aromatic heterocycles. The number of rotatable bonds is 6. The summed E-state index contributed by atoms with van der Waals surface area (Å²) in [5.74, 6) is 0.313. The summed E-state index contributed by atoms with van der Waals surface area (Å²) < 4.78 is 13.7. The minimum absolute atomic E-state index is 0.0297.